The van der Waals surface area contributed by atoms with Gasteiger partial charge in [-0.3, -0.25) is 0 Å². The summed E-state index contributed by atoms with van der Waals surface area (Å²) in [6.07, 6.45) is 0. The van der Waals surface area contributed by atoms with Crippen LogP contribution in [0.25, 0.3) is 0 Å². The Morgan fingerprint density at radius 3 is 2.44 bits per heavy atom. The van der Waals surface area contributed by atoms with Crippen LogP contribution in [0.2, 0.25) is 0 Å². The number of rotatable bonds is 5. The van der Waals surface area contributed by atoms with Gasteiger partial charge in [0.05, 0.1) is 29.0 Å². The van der Waals surface area contributed by atoms with Gasteiger partial charge in [-0.2, -0.15) is 4.31 Å². The molecule has 0 spiro atoms. The molecule has 0 N–H and O–H groups in total. The summed E-state index contributed by atoms with van der Waals surface area (Å²) < 4.78 is 38.8. The fourth-order valence-electron chi connectivity index (χ4n) is 2.68. The summed E-state index contributed by atoms with van der Waals surface area (Å²) in [5, 5.41) is -0.255. The van der Waals surface area contributed by atoms with Crippen molar-refractivity contribution in [2.75, 3.05) is 26.5 Å². The molecule has 5 nitrogen and oxygen atoms in total. The number of sulfonamides is 1. The molecule has 1 heterocycles. The van der Waals surface area contributed by atoms with Crippen LogP contribution >= 0.6 is 27.7 Å². The van der Waals surface area contributed by atoms with Gasteiger partial charge >= 0.3 is 0 Å². The average Bonchev–Trinajstić information content (AvgIpc) is 3.12. The van der Waals surface area contributed by atoms with E-state index in [4.69, 9.17) is 9.47 Å². The zero-order chi connectivity index (χ0) is 18.0. The van der Waals surface area contributed by atoms with Crippen molar-refractivity contribution in [1.29, 1.82) is 0 Å². The minimum absolute atomic E-state index is 0.255. The first-order valence-corrected chi connectivity index (χ1v) is 10.9. The van der Waals surface area contributed by atoms with Gasteiger partial charge in [0.1, 0.15) is 11.5 Å². The lowest BCUT2D eigenvalue weighted by Crippen LogP contribution is -2.30. The topological polar surface area (TPSA) is 55.8 Å². The molecule has 0 amide bonds. The Bertz CT molecular complexity index is 855. The first-order chi connectivity index (χ1) is 12.0. The van der Waals surface area contributed by atoms with Crippen LogP contribution in [0.3, 0.4) is 0 Å². The van der Waals surface area contributed by atoms with Crippen LogP contribution in [0.4, 0.5) is 0 Å². The van der Waals surface area contributed by atoms with E-state index < -0.39 is 10.0 Å². The summed E-state index contributed by atoms with van der Waals surface area (Å²) in [5.41, 5.74) is 0.923. The van der Waals surface area contributed by atoms with E-state index in [2.05, 4.69) is 15.9 Å². The average molecular weight is 444 g/mol. The maximum absolute atomic E-state index is 13.1. The Balaban J connectivity index is 1.93. The van der Waals surface area contributed by atoms with E-state index >= 15 is 0 Å². The SMILES string of the molecule is COc1ccc(S(=O)(=O)N2CCS[C@@H]2c2ccc(OC)c(Br)c2)cc1. The number of halogens is 1. The van der Waals surface area contributed by atoms with Crippen LogP contribution in [-0.4, -0.2) is 39.2 Å². The standard InChI is InChI=1S/C17H18BrNO4S2/c1-22-13-4-6-14(7-5-13)25(20,21)19-9-10-24-17(19)12-3-8-16(23-2)15(18)11-12/h3-8,11,17H,9-10H2,1-2H3/t17-/m1/s1. The van der Waals surface area contributed by atoms with E-state index in [9.17, 15) is 8.42 Å². The van der Waals surface area contributed by atoms with E-state index in [1.54, 1.807) is 54.6 Å². The summed E-state index contributed by atoms with van der Waals surface area (Å²) in [6, 6.07) is 12.2. The monoisotopic (exact) mass is 443 g/mol. The largest absolute Gasteiger partial charge is 0.497 e. The molecule has 0 unspecified atom stereocenters. The van der Waals surface area contributed by atoms with Crippen LogP contribution in [0.1, 0.15) is 10.9 Å². The van der Waals surface area contributed by atoms with Crippen molar-refractivity contribution < 1.29 is 17.9 Å². The lowest BCUT2D eigenvalue weighted by atomic mass is 10.2. The van der Waals surface area contributed by atoms with E-state index in [0.717, 1.165) is 21.5 Å². The highest BCUT2D eigenvalue weighted by atomic mass is 79.9. The van der Waals surface area contributed by atoms with Crippen molar-refractivity contribution in [1.82, 2.24) is 4.31 Å². The first-order valence-electron chi connectivity index (χ1n) is 7.58. The zero-order valence-corrected chi connectivity index (χ0v) is 17.0. The van der Waals surface area contributed by atoms with Crippen LogP contribution in [0.15, 0.2) is 51.8 Å². The van der Waals surface area contributed by atoms with Gasteiger partial charge in [-0.25, -0.2) is 8.42 Å². The van der Waals surface area contributed by atoms with Gasteiger partial charge in [0.15, 0.2) is 0 Å². The smallest absolute Gasteiger partial charge is 0.244 e. The second-order valence-corrected chi connectivity index (χ2v) is 9.34. The zero-order valence-electron chi connectivity index (χ0n) is 13.8. The number of thioether (sulfide) groups is 1. The van der Waals surface area contributed by atoms with Crippen molar-refractivity contribution >= 4 is 37.7 Å². The number of hydrogen-bond acceptors (Lipinski definition) is 5. The third-order valence-corrected chi connectivity index (χ3v) is 7.87. The molecular weight excluding hydrogens is 426 g/mol. The van der Waals surface area contributed by atoms with Gasteiger partial charge in [0.25, 0.3) is 0 Å². The fourth-order valence-corrected chi connectivity index (χ4v) is 6.47. The molecule has 2 aromatic carbocycles. The van der Waals surface area contributed by atoms with Gasteiger partial charge in [-0.05, 0) is 57.9 Å². The van der Waals surface area contributed by atoms with Crippen molar-refractivity contribution in [2.45, 2.75) is 10.3 Å². The van der Waals surface area contributed by atoms with Gasteiger partial charge < -0.3 is 9.47 Å². The minimum Gasteiger partial charge on any atom is -0.497 e. The number of nitrogens with zero attached hydrogens (tertiary/aromatic N) is 1. The van der Waals surface area contributed by atoms with Crippen molar-refractivity contribution in [3.63, 3.8) is 0 Å². The predicted octanol–water partition coefficient (Wildman–Crippen LogP) is 3.90. The summed E-state index contributed by atoms with van der Waals surface area (Å²) in [7, 11) is -0.424. The lowest BCUT2D eigenvalue weighted by Gasteiger charge is -2.24. The highest BCUT2D eigenvalue weighted by Crippen LogP contribution is 2.43. The molecule has 1 atom stereocenters. The summed E-state index contributed by atoms with van der Waals surface area (Å²) in [5.74, 6) is 2.10. The molecule has 2 aromatic rings. The van der Waals surface area contributed by atoms with Gasteiger partial charge in [-0.1, -0.05) is 6.07 Å². The van der Waals surface area contributed by atoms with E-state index in [1.807, 2.05) is 18.2 Å². The van der Waals surface area contributed by atoms with Crippen molar-refractivity contribution in [2.24, 2.45) is 0 Å². The molecule has 8 heteroatoms. The Morgan fingerprint density at radius 1 is 1.12 bits per heavy atom. The summed E-state index contributed by atoms with van der Waals surface area (Å²) in [4.78, 5) is 0.272. The molecule has 3 rings (SSSR count). The Kier molecular flexibility index (Phi) is 5.62. The van der Waals surface area contributed by atoms with Gasteiger partial charge in [-0.15, -0.1) is 11.8 Å². The Hall–Kier alpha value is -1.22. The van der Waals surface area contributed by atoms with Gasteiger partial charge in [0.2, 0.25) is 10.0 Å². The third-order valence-electron chi connectivity index (χ3n) is 3.98. The van der Waals surface area contributed by atoms with E-state index in [1.165, 1.54) is 0 Å². The van der Waals surface area contributed by atoms with E-state index in [0.29, 0.717) is 12.3 Å². The molecule has 0 radical (unpaired) electrons. The molecule has 1 aliphatic rings. The molecule has 25 heavy (non-hydrogen) atoms. The molecular formula is C17H18BrNO4S2. The van der Waals surface area contributed by atoms with Crippen molar-refractivity contribution in [3.8, 4) is 11.5 Å². The number of methoxy groups -OCH3 is 2. The number of hydrogen-bond donors (Lipinski definition) is 0. The second-order valence-electron chi connectivity index (χ2n) is 5.41. The maximum atomic E-state index is 13.1. The van der Waals surface area contributed by atoms with Crippen LogP contribution < -0.4 is 9.47 Å². The molecule has 134 valence electrons. The molecule has 0 aromatic heterocycles. The Morgan fingerprint density at radius 2 is 1.84 bits per heavy atom. The molecule has 0 bridgehead atoms. The van der Waals surface area contributed by atoms with Crippen LogP contribution in [0.5, 0.6) is 11.5 Å². The number of benzene rings is 2. The van der Waals surface area contributed by atoms with Crippen molar-refractivity contribution in [3.05, 3.63) is 52.5 Å². The lowest BCUT2D eigenvalue weighted by molar-refractivity contribution is 0.410. The highest BCUT2D eigenvalue weighted by Gasteiger charge is 2.37. The Labute approximate surface area is 160 Å². The van der Waals surface area contributed by atoms with Crippen LogP contribution in [0, 0.1) is 0 Å². The maximum Gasteiger partial charge on any atom is 0.244 e. The minimum atomic E-state index is -3.58. The molecule has 0 aliphatic carbocycles. The molecule has 0 saturated carbocycles. The molecule has 1 fully saturated rings. The first kappa shape index (κ1) is 18.6. The second kappa shape index (κ2) is 7.57. The highest BCUT2D eigenvalue weighted by molar-refractivity contribution is 9.10. The number of ether oxygens (including phenoxy) is 2. The molecule has 1 saturated heterocycles. The summed E-state index contributed by atoms with van der Waals surface area (Å²) in [6.45, 7) is 0.480. The molecule has 1 aliphatic heterocycles. The fraction of sp³-hybridized carbons (Fsp3) is 0.294. The quantitative estimate of drug-likeness (QED) is 0.700. The van der Waals surface area contributed by atoms with Gasteiger partial charge in [0, 0.05) is 12.3 Å². The summed E-state index contributed by atoms with van der Waals surface area (Å²) >= 11 is 5.08. The van der Waals surface area contributed by atoms with Crippen LogP contribution in [-0.2, 0) is 10.0 Å². The normalized spacial score (nSPS) is 18.3. The third kappa shape index (κ3) is 3.67. The van der Waals surface area contributed by atoms with E-state index in [-0.39, 0.29) is 10.3 Å². The predicted molar refractivity (Wildman–Crippen MR) is 103 cm³/mol.